The molecule has 0 aromatic rings. The van der Waals surface area contributed by atoms with Crippen LogP contribution in [-0.2, 0) is 18.1 Å². The van der Waals surface area contributed by atoms with E-state index >= 15 is 0 Å². The highest BCUT2D eigenvalue weighted by Crippen LogP contribution is 2.19. The number of carbonyl (C=O) groups excluding carboxylic acids is 1. The summed E-state index contributed by atoms with van der Waals surface area (Å²) in [7, 11) is 2.76. The summed E-state index contributed by atoms with van der Waals surface area (Å²) in [5.41, 5.74) is 0. The molecule has 0 N–H and O–H groups in total. The third-order valence-electron chi connectivity index (χ3n) is 7.50. The third kappa shape index (κ3) is 23.9. The minimum atomic E-state index is -2.35. The van der Waals surface area contributed by atoms with E-state index < -0.39 is 8.80 Å². The molecule has 5 nitrogen and oxygen atoms in total. The van der Waals surface area contributed by atoms with Gasteiger partial charge in [-0.15, -0.1) is 0 Å². The molecule has 0 fully saturated rings. The molecular weight excluding hydrogens is 466 g/mol. The van der Waals surface area contributed by atoms with Crippen molar-refractivity contribution in [1.82, 2.24) is 0 Å². The number of hydrogen-bond acceptors (Lipinski definition) is 5. The first-order chi connectivity index (χ1) is 17.7. The number of aliphatic imine (C=N–C) groups is 1. The number of unbranched alkanes of at least 4 members (excludes halogenated alkanes) is 23. The predicted molar refractivity (Wildman–Crippen MR) is 155 cm³/mol. The molecule has 0 aromatic heterocycles. The molecule has 0 heterocycles. The topological polar surface area (TPSA) is 57.1 Å². The van der Waals surface area contributed by atoms with Gasteiger partial charge in [0.25, 0.3) is 0 Å². The Kier molecular flexibility index (Phi) is 28.6. The molecule has 0 atom stereocenters. The van der Waals surface area contributed by atoms with Gasteiger partial charge in [-0.25, -0.2) is 9.79 Å². The van der Waals surface area contributed by atoms with Gasteiger partial charge < -0.3 is 13.3 Å². The van der Waals surface area contributed by atoms with Crippen LogP contribution in [0.25, 0.3) is 0 Å². The molecule has 0 bridgehead atoms. The Morgan fingerprint density at radius 1 is 0.444 bits per heavy atom. The van der Waals surface area contributed by atoms with Crippen LogP contribution < -0.4 is 0 Å². The van der Waals surface area contributed by atoms with E-state index in [4.69, 9.17) is 13.3 Å². The number of isocyanates is 1. The van der Waals surface area contributed by atoms with Gasteiger partial charge in [-0.3, -0.25) is 0 Å². The van der Waals surface area contributed by atoms with Crippen LogP contribution in [-0.4, -0.2) is 42.8 Å². The molecule has 214 valence electrons. The van der Waals surface area contributed by atoms with E-state index in [0.29, 0.717) is 6.54 Å². The fourth-order valence-electron chi connectivity index (χ4n) is 5.02. The van der Waals surface area contributed by atoms with Gasteiger partial charge in [0.1, 0.15) is 0 Å². The first kappa shape index (κ1) is 35.5. The maximum absolute atomic E-state index is 9.98. The van der Waals surface area contributed by atoms with Crippen molar-refractivity contribution in [3.8, 4) is 0 Å². The quantitative estimate of drug-likeness (QED) is 0.0404. The molecule has 0 aromatic carbocycles. The molecule has 0 radical (unpaired) electrons. The zero-order valence-corrected chi connectivity index (χ0v) is 25.5. The van der Waals surface area contributed by atoms with Gasteiger partial charge in [-0.2, -0.15) is 0 Å². The summed E-state index contributed by atoms with van der Waals surface area (Å²) in [5, 5.41) is 0. The largest absolute Gasteiger partial charge is 0.500 e. The van der Waals surface area contributed by atoms with Crippen molar-refractivity contribution in [3.63, 3.8) is 0 Å². The SMILES string of the molecule is CO[Si](CCCCCCCCCCCCCCCCCCCCCCCCCCN=C=O)(OC)OC. The van der Waals surface area contributed by atoms with Crippen LogP contribution in [0.3, 0.4) is 0 Å². The van der Waals surface area contributed by atoms with E-state index in [-0.39, 0.29) is 0 Å². The van der Waals surface area contributed by atoms with Crippen LogP contribution in [0.2, 0.25) is 6.04 Å². The van der Waals surface area contributed by atoms with Gasteiger partial charge in [0.15, 0.2) is 0 Å². The van der Waals surface area contributed by atoms with Crippen molar-refractivity contribution >= 4 is 14.9 Å². The van der Waals surface area contributed by atoms with E-state index in [0.717, 1.165) is 18.9 Å². The third-order valence-corrected chi connectivity index (χ3v) is 10.3. The summed E-state index contributed by atoms with van der Waals surface area (Å²) in [5.74, 6) is 0. The number of rotatable bonds is 30. The monoisotopic (exact) mass is 527 g/mol. The van der Waals surface area contributed by atoms with Gasteiger partial charge in [0.05, 0.1) is 6.54 Å². The number of hydrogen-bond donors (Lipinski definition) is 0. The Bertz CT molecular complexity index is 473. The molecule has 0 rings (SSSR count). The Balaban J connectivity index is 3.15. The lowest BCUT2D eigenvalue weighted by Gasteiger charge is -2.24. The van der Waals surface area contributed by atoms with Crippen molar-refractivity contribution in [3.05, 3.63) is 0 Å². The molecule has 6 heteroatoms. The molecule has 0 aliphatic carbocycles. The summed E-state index contributed by atoms with van der Waals surface area (Å²) in [6.07, 6.45) is 34.3. The molecule has 0 saturated heterocycles. The van der Waals surface area contributed by atoms with E-state index in [2.05, 4.69) is 4.99 Å². The average Bonchev–Trinajstić information content (AvgIpc) is 2.91. The van der Waals surface area contributed by atoms with Crippen molar-refractivity contribution in [1.29, 1.82) is 0 Å². The van der Waals surface area contributed by atoms with Crippen LogP contribution in [0.4, 0.5) is 0 Å². The molecule has 0 aliphatic rings. The highest BCUT2D eigenvalue weighted by Gasteiger charge is 2.36. The van der Waals surface area contributed by atoms with Crippen LogP contribution >= 0.6 is 0 Å². The Hall–Kier alpha value is -0.523. The maximum atomic E-state index is 9.98. The maximum Gasteiger partial charge on any atom is 0.500 e. The molecular formula is C30H61NO4Si. The summed E-state index contributed by atoms with van der Waals surface area (Å²) in [6, 6.07) is 0.931. The lowest BCUT2D eigenvalue weighted by atomic mass is 10.0. The predicted octanol–water partition coefficient (Wildman–Crippen LogP) is 9.56. The Morgan fingerprint density at radius 2 is 0.694 bits per heavy atom. The second-order valence-corrected chi connectivity index (χ2v) is 13.6. The summed E-state index contributed by atoms with van der Waals surface area (Å²) in [4.78, 5) is 13.6. The van der Waals surface area contributed by atoms with Gasteiger partial charge in [-0.1, -0.05) is 141 Å². The molecule has 0 aliphatic heterocycles. The molecule has 0 saturated carbocycles. The zero-order chi connectivity index (χ0) is 26.4. The van der Waals surface area contributed by atoms with Crippen molar-refractivity contribution < 1.29 is 18.1 Å². The average molecular weight is 528 g/mol. The van der Waals surface area contributed by atoms with Gasteiger partial charge >= 0.3 is 8.80 Å². The van der Waals surface area contributed by atoms with E-state index in [1.807, 2.05) is 0 Å². The summed E-state index contributed by atoms with van der Waals surface area (Å²) in [6.45, 7) is 0.662. The fourth-order valence-corrected chi connectivity index (χ4v) is 6.82. The minimum Gasteiger partial charge on any atom is -0.377 e. The second-order valence-electron chi connectivity index (χ2n) is 10.5. The molecule has 0 amide bonds. The molecule has 0 unspecified atom stereocenters. The Morgan fingerprint density at radius 3 is 0.944 bits per heavy atom. The molecule has 36 heavy (non-hydrogen) atoms. The van der Waals surface area contributed by atoms with E-state index in [1.54, 1.807) is 27.4 Å². The van der Waals surface area contributed by atoms with Crippen molar-refractivity contribution in [2.24, 2.45) is 4.99 Å². The van der Waals surface area contributed by atoms with E-state index in [9.17, 15) is 4.79 Å². The van der Waals surface area contributed by atoms with Gasteiger partial charge in [-0.05, 0) is 12.8 Å². The normalized spacial score (nSPS) is 11.6. The standard InChI is InChI=1S/C30H61NO4Si/c1-33-36(34-2,35-3)29-27-25-23-21-19-17-15-13-11-9-7-5-4-6-8-10-12-14-16-18-20-22-24-26-28-31-30-32/h4-29H2,1-3H3. The van der Waals surface area contributed by atoms with E-state index in [1.165, 1.54) is 141 Å². The smallest absolute Gasteiger partial charge is 0.377 e. The van der Waals surface area contributed by atoms with Crippen LogP contribution in [0, 0.1) is 0 Å². The summed E-state index contributed by atoms with van der Waals surface area (Å²) < 4.78 is 16.4. The van der Waals surface area contributed by atoms with Crippen molar-refractivity contribution in [2.45, 2.75) is 160 Å². The first-order valence-electron chi connectivity index (χ1n) is 15.4. The summed E-state index contributed by atoms with van der Waals surface area (Å²) >= 11 is 0. The van der Waals surface area contributed by atoms with Crippen LogP contribution in [0.5, 0.6) is 0 Å². The fraction of sp³-hybridized carbons (Fsp3) is 0.967. The van der Waals surface area contributed by atoms with Crippen LogP contribution in [0.15, 0.2) is 4.99 Å². The highest BCUT2D eigenvalue weighted by molar-refractivity contribution is 6.60. The minimum absolute atomic E-state index is 0.662. The second kappa shape index (κ2) is 29.0. The van der Waals surface area contributed by atoms with Crippen LogP contribution in [0.1, 0.15) is 154 Å². The first-order valence-corrected chi connectivity index (χ1v) is 17.4. The zero-order valence-electron chi connectivity index (χ0n) is 24.5. The lowest BCUT2D eigenvalue weighted by molar-refractivity contribution is 0.122. The van der Waals surface area contributed by atoms with Crippen molar-refractivity contribution in [2.75, 3.05) is 27.9 Å². The number of nitrogens with zero attached hydrogens (tertiary/aromatic N) is 1. The van der Waals surface area contributed by atoms with Gasteiger partial charge in [0, 0.05) is 27.4 Å². The molecule has 0 spiro atoms. The highest BCUT2D eigenvalue weighted by atomic mass is 28.4. The lowest BCUT2D eigenvalue weighted by Crippen LogP contribution is -2.42. The van der Waals surface area contributed by atoms with Gasteiger partial charge in [0.2, 0.25) is 6.08 Å². The Labute approximate surface area is 225 Å².